The molecule has 1 atom stereocenters. The number of aryl methyl sites for hydroxylation is 1. The Labute approximate surface area is 130 Å². The van der Waals surface area contributed by atoms with Crippen molar-refractivity contribution in [3.8, 4) is 17.2 Å². The van der Waals surface area contributed by atoms with Gasteiger partial charge >= 0.3 is 0 Å². The largest absolute Gasteiger partial charge is 0.265 e. The Morgan fingerprint density at radius 2 is 1.86 bits per heavy atom. The van der Waals surface area contributed by atoms with Crippen molar-refractivity contribution in [2.45, 2.75) is 19.0 Å². The van der Waals surface area contributed by atoms with Crippen LogP contribution in [-0.4, -0.2) is 40.2 Å². The second-order valence-corrected chi connectivity index (χ2v) is 6.03. The van der Waals surface area contributed by atoms with Crippen LogP contribution in [0.1, 0.15) is 11.3 Å². The van der Waals surface area contributed by atoms with Gasteiger partial charge in [-0.25, -0.2) is 9.97 Å². The Morgan fingerprint density at radius 3 is 2.55 bits per heavy atom. The van der Waals surface area contributed by atoms with Gasteiger partial charge in [0.1, 0.15) is 12.1 Å². The van der Waals surface area contributed by atoms with E-state index in [2.05, 4.69) is 25.1 Å². The summed E-state index contributed by atoms with van der Waals surface area (Å²) in [5.41, 5.74) is 2.61. The van der Waals surface area contributed by atoms with E-state index in [0.29, 0.717) is 16.8 Å². The maximum Gasteiger partial charge on any atom is 0.226 e. The smallest absolute Gasteiger partial charge is 0.226 e. The first-order chi connectivity index (χ1) is 10.6. The van der Waals surface area contributed by atoms with Crippen molar-refractivity contribution in [1.29, 1.82) is 0 Å². The van der Waals surface area contributed by atoms with Crippen molar-refractivity contribution in [1.82, 2.24) is 29.7 Å². The van der Waals surface area contributed by atoms with Crippen LogP contribution in [0.3, 0.4) is 0 Å². The molecular weight excluding hydrogens is 300 g/mol. The van der Waals surface area contributed by atoms with E-state index in [0.717, 1.165) is 16.8 Å². The van der Waals surface area contributed by atoms with Crippen LogP contribution < -0.4 is 0 Å². The summed E-state index contributed by atoms with van der Waals surface area (Å²) in [5, 5.41) is 8.11. The standard InChI is InChI=1S/C14H14N6OS/c1-9-10(2)17-12(11-4-6-15-7-5-11)18-13(9)20-8-16-19-14(20)22(3)21/h4-8H,1-3H3/t22-/m1/s1. The molecule has 0 amide bonds. The molecule has 3 aromatic rings. The second-order valence-electron chi connectivity index (χ2n) is 4.75. The van der Waals surface area contributed by atoms with Crippen LogP contribution in [-0.2, 0) is 10.8 Å². The summed E-state index contributed by atoms with van der Waals surface area (Å²) in [5.74, 6) is 1.22. The van der Waals surface area contributed by atoms with E-state index in [-0.39, 0.29) is 0 Å². The van der Waals surface area contributed by atoms with Gasteiger partial charge in [-0.05, 0) is 26.0 Å². The van der Waals surface area contributed by atoms with Crippen LogP contribution in [0.4, 0.5) is 0 Å². The lowest BCUT2D eigenvalue weighted by Crippen LogP contribution is -2.09. The highest BCUT2D eigenvalue weighted by molar-refractivity contribution is 7.84. The third-order valence-corrected chi connectivity index (χ3v) is 4.10. The van der Waals surface area contributed by atoms with Crippen LogP contribution in [0, 0.1) is 13.8 Å². The van der Waals surface area contributed by atoms with Crippen LogP contribution in [0.15, 0.2) is 36.0 Å². The molecule has 3 aromatic heterocycles. The van der Waals surface area contributed by atoms with Gasteiger partial charge in [0.25, 0.3) is 0 Å². The maximum absolute atomic E-state index is 11.8. The lowest BCUT2D eigenvalue weighted by molar-refractivity contribution is 0.674. The zero-order valence-corrected chi connectivity index (χ0v) is 13.2. The van der Waals surface area contributed by atoms with Crippen molar-refractivity contribution in [2.24, 2.45) is 0 Å². The third-order valence-electron chi connectivity index (χ3n) is 3.30. The average Bonchev–Trinajstić information content (AvgIpc) is 3.00. The zero-order valence-electron chi connectivity index (χ0n) is 12.4. The lowest BCUT2D eigenvalue weighted by atomic mass is 10.2. The van der Waals surface area contributed by atoms with E-state index < -0.39 is 10.8 Å². The van der Waals surface area contributed by atoms with E-state index in [9.17, 15) is 4.21 Å². The van der Waals surface area contributed by atoms with Gasteiger partial charge in [-0.2, -0.15) is 0 Å². The summed E-state index contributed by atoms with van der Waals surface area (Å²) in [6, 6.07) is 3.69. The van der Waals surface area contributed by atoms with Gasteiger partial charge in [-0.3, -0.25) is 13.8 Å². The predicted molar refractivity (Wildman–Crippen MR) is 82.0 cm³/mol. The molecular formula is C14H14N6OS. The highest BCUT2D eigenvalue weighted by Gasteiger charge is 2.16. The quantitative estimate of drug-likeness (QED) is 0.727. The van der Waals surface area contributed by atoms with E-state index in [1.54, 1.807) is 23.2 Å². The second kappa shape index (κ2) is 5.72. The van der Waals surface area contributed by atoms with Gasteiger partial charge in [0.2, 0.25) is 5.16 Å². The van der Waals surface area contributed by atoms with Gasteiger partial charge < -0.3 is 0 Å². The van der Waals surface area contributed by atoms with Gasteiger partial charge in [-0.1, -0.05) is 0 Å². The molecule has 0 aliphatic heterocycles. The number of rotatable bonds is 3. The van der Waals surface area contributed by atoms with Gasteiger partial charge in [-0.15, -0.1) is 10.2 Å². The summed E-state index contributed by atoms with van der Waals surface area (Å²) in [4.78, 5) is 13.1. The maximum atomic E-state index is 11.8. The number of hydrogen-bond donors (Lipinski definition) is 0. The zero-order chi connectivity index (χ0) is 15.7. The number of nitrogens with zero attached hydrogens (tertiary/aromatic N) is 6. The predicted octanol–water partition coefficient (Wildman–Crippen LogP) is 1.47. The Bertz CT molecular complexity index is 846. The SMILES string of the molecule is Cc1nc(-c2ccncc2)nc(-n2cnnc2[S@@](C)=O)c1C. The molecule has 0 aliphatic carbocycles. The monoisotopic (exact) mass is 314 g/mol. The van der Waals surface area contributed by atoms with E-state index in [1.807, 2.05) is 26.0 Å². The number of aromatic nitrogens is 6. The van der Waals surface area contributed by atoms with Crippen molar-refractivity contribution >= 4 is 10.8 Å². The Hall–Kier alpha value is -2.48. The highest BCUT2D eigenvalue weighted by Crippen LogP contribution is 2.21. The molecule has 0 aliphatic rings. The lowest BCUT2D eigenvalue weighted by Gasteiger charge is -2.11. The minimum Gasteiger partial charge on any atom is -0.265 e. The van der Waals surface area contributed by atoms with Crippen molar-refractivity contribution in [2.75, 3.05) is 6.26 Å². The van der Waals surface area contributed by atoms with Gasteiger partial charge in [0, 0.05) is 35.5 Å². The van der Waals surface area contributed by atoms with Crippen LogP contribution in [0.2, 0.25) is 0 Å². The molecule has 7 nitrogen and oxygen atoms in total. The summed E-state index contributed by atoms with van der Waals surface area (Å²) in [6.45, 7) is 3.83. The van der Waals surface area contributed by atoms with Crippen LogP contribution >= 0.6 is 0 Å². The fourth-order valence-corrected chi connectivity index (χ4v) is 2.62. The van der Waals surface area contributed by atoms with E-state index in [4.69, 9.17) is 0 Å². The molecule has 0 fully saturated rings. The Balaban J connectivity index is 2.22. The molecule has 0 saturated carbocycles. The Morgan fingerprint density at radius 1 is 1.14 bits per heavy atom. The first-order valence-corrected chi connectivity index (χ1v) is 8.13. The summed E-state index contributed by atoms with van der Waals surface area (Å²) >= 11 is 0. The molecule has 0 radical (unpaired) electrons. The fraction of sp³-hybridized carbons (Fsp3) is 0.214. The molecule has 0 unspecified atom stereocenters. The van der Waals surface area contributed by atoms with Crippen molar-refractivity contribution in [3.63, 3.8) is 0 Å². The van der Waals surface area contributed by atoms with E-state index in [1.165, 1.54) is 6.33 Å². The molecule has 0 spiro atoms. The van der Waals surface area contributed by atoms with Crippen molar-refractivity contribution < 1.29 is 4.21 Å². The van der Waals surface area contributed by atoms with Crippen LogP contribution in [0.25, 0.3) is 17.2 Å². The fourth-order valence-electron chi connectivity index (χ4n) is 2.04. The third kappa shape index (κ3) is 2.52. The Kier molecular flexibility index (Phi) is 3.76. The molecule has 0 N–H and O–H groups in total. The summed E-state index contributed by atoms with van der Waals surface area (Å²) in [6.07, 6.45) is 6.47. The normalized spacial score (nSPS) is 12.3. The topological polar surface area (TPSA) is 86.4 Å². The summed E-state index contributed by atoms with van der Waals surface area (Å²) < 4.78 is 13.4. The molecule has 0 bridgehead atoms. The molecule has 0 aromatic carbocycles. The van der Waals surface area contributed by atoms with E-state index >= 15 is 0 Å². The first kappa shape index (κ1) is 14.5. The minimum absolute atomic E-state index is 0.363. The molecule has 22 heavy (non-hydrogen) atoms. The summed E-state index contributed by atoms with van der Waals surface area (Å²) in [7, 11) is -1.26. The first-order valence-electron chi connectivity index (χ1n) is 6.57. The minimum atomic E-state index is -1.26. The van der Waals surface area contributed by atoms with Gasteiger partial charge in [0.05, 0.1) is 10.8 Å². The molecule has 0 saturated heterocycles. The van der Waals surface area contributed by atoms with Crippen LogP contribution in [0.5, 0.6) is 0 Å². The average molecular weight is 314 g/mol. The van der Waals surface area contributed by atoms with Gasteiger partial charge in [0.15, 0.2) is 5.82 Å². The molecule has 3 rings (SSSR count). The molecule has 112 valence electrons. The number of hydrogen-bond acceptors (Lipinski definition) is 6. The molecule has 8 heteroatoms. The highest BCUT2D eigenvalue weighted by atomic mass is 32.2. The number of pyridine rings is 1. The molecule has 3 heterocycles. The van der Waals surface area contributed by atoms with Crippen molar-refractivity contribution in [3.05, 3.63) is 42.1 Å².